The SMILES string of the molecule is C[C@@H](CN(CCCNC(=O)OCC1c2ccccc2-c2ccccc21)C[C@H](O)[C@@H](O)[C@@H]1OC(c2ccccc2)OC[C@H]1O)[C@@H](O)[C@@H]1OC(c2ccccc2)OC[C@H]1O. The lowest BCUT2D eigenvalue weighted by atomic mass is 9.94. The maximum Gasteiger partial charge on any atom is 0.407 e. The van der Waals surface area contributed by atoms with E-state index >= 15 is 0 Å². The summed E-state index contributed by atoms with van der Waals surface area (Å²) >= 11 is 0. The summed E-state index contributed by atoms with van der Waals surface area (Å²) in [5.74, 6) is -0.558. The quantitative estimate of drug-likeness (QED) is 0.0903. The Labute approximate surface area is 338 Å². The average Bonchev–Trinajstić information content (AvgIpc) is 3.58. The fraction of sp³-hybridized carbons (Fsp3) is 0.444. The summed E-state index contributed by atoms with van der Waals surface area (Å²) in [6, 6.07) is 34.7. The van der Waals surface area contributed by atoms with Crippen LogP contribution in [0.15, 0.2) is 109 Å². The van der Waals surface area contributed by atoms with Gasteiger partial charge in [-0.2, -0.15) is 0 Å². The van der Waals surface area contributed by atoms with Crippen LogP contribution in [0.25, 0.3) is 11.1 Å². The fourth-order valence-electron chi connectivity index (χ4n) is 8.12. The molecule has 3 aliphatic rings. The molecule has 0 aromatic heterocycles. The normalized spacial score (nSPS) is 25.3. The van der Waals surface area contributed by atoms with Crippen LogP contribution in [0.1, 0.15) is 54.1 Å². The highest BCUT2D eigenvalue weighted by atomic mass is 16.7. The molecule has 0 saturated carbocycles. The summed E-state index contributed by atoms with van der Waals surface area (Å²) in [5.41, 5.74) is 5.99. The Hall–Kier alpha value is -4.25. The second kappa shape index (κ2) is 19.7. The van der Waals surface area contributed by atoms with Gasteiger partial charge in [0.2, 0.25) is 0 Å². The molecule has 2 aliphatic heterocycles. The third kappa shape index (κ3) is 9.95. The Kier molecular flexibility index (Phi) is 14.2. The van der Waals surface area contributed by atoms with E-state index in [0.717, 1.165) is 27.8 Å². The summed E-state index contributed by atoms with van der Waals surface area (Å²) in [6.07, 6.45) is -10.1. The number of hydrogen-bond donors (Lipinski definition) is 6. The number of benzene rings is 4. The Morgan fingerprint density at radius 1 is 0.724 bits per heavy atom. The van der Waals surface area contributed by atoms with Crippen molar-refractivity contribution in [3.63, 3.8) is 0 Å². The average molecular weight is 799 g/mol. The van der Waals surface area contributed by atoms with Gasteiger partial charge in [0.05, 0.1) is 25.4 Å². The first kappa shape index (κ1) is 41.9. The first-order valence-electron chi connectivity index (χ1n) is 20.0. The van der Waals surface area contributed by atoms with Crippen molar-refractivity contribution < 1.29 is 54.0 Å². The molecule has 2 heterocycles. The van der Waals surface area contributed by atoms with Gasteiger partial charge in [-0.15, -0.1) is 0 Å². The summed E-state index contributed by atoms with van der Waals surface area (Å²) in [4.78, 5) is 14.8. The standard InChI is InChI=1S/C45H54N2O11/c1-28(39(51)41-37(49)26-54-43(57-41)29-13-4-2-5-14-29)23-47(24-36(48)40(52)42-38(50)27-55-44(58-42)30-15-6-3-7-16-30)22-12-21-46-45(53)56-25-35-33-19-10-8-17-31(33)32-18-9-11-20-34(32)35/h2-11,13-20,28,35-44,48-52H,12,21-27H2,1H3,(H,46,53)/t28-,36-,37+,38+,39+,40+,41+,42+,43?,44?/m0/s1. The zero-order chi connectivity index (χ0) is 40.6. The Morgan fingerprint density at radius 2 is 1.22 bits per heavy atom. The van der Waals surface area contributed by atoms with Crippen LogP contribution in [0.4, 0.5) is 4.79 Å². The lowest BCUT2D eigenvalue weighted by molar-refractivity contribution is -0.283. The molecule has 13 heteroatoms. The number of hydrogen-bond acceptors (Lipinski definition) is 12. The summed E-state index contributed by atoms with van der Waals surface area (Å²) in [5, 5.41) is 58.7. The molecule has 58 heavy (non-hydrogen) atoms. The molecule has 2 saturated heterocycles. The molecule has 10 atom stereocenters. The van der Waals surface area contributed by atoms with Gasteiger partial charge in [-0.05, 0) is 41.1 Å². The number of alkyl carbamates (subject to hydrolysis) is 1. The maximum absolute atomic E-state index is 12.9. The Balaban J connectivity index is 0.970. The number of carbonyl (C=O) groups is 1. The van der Waals surface area contributed by atoms with Crippen LogP contribution in [-0.4, -0.2) is 125 Å². The van der Waals surface area contributed by atoms with Gasteiger partial charge in [0.15, 0.2) is 12.6 Å². The maximum atomic E-state index is 12.9. The minimum absolute atomic E-state index is 0.0262. The monoisotopic (exact) mass is 798 g/mol. The number of nitrogens with zero attached hydrogens (tertiary/aromatic N) is 1. The summed E-state index contributed by atoms with van der Waals surface area (Å²) in [6.45, 7) is 2.64. The van der Waals surface area contributed by atoms with E-state index in [-0.39, 0.29) is 45.4 Å². The fourth-order valence-corrected chi connectivity index (χ4v) is 8.12. The minimum atomic E-state index is -1.49. The zero-order valence-corrected chi connectivity index (χ0v) is 32.5. The zero-order valence-electron chi connectivity index (χ0n) is 32.5. The lowest BCUT2D eigenvalue weighted by Gasteiger charge is -2.40. The minimum Gasteiger partial charge on any atom is -0.449 e. The van der Waals surface area contributed by atoms with Gasteiger partial charge in [-0.25, -0.2) is 4.79 Å². The van der Waals surface area contributed by atoms with E-state index in [4.69, 9.17) is 23.7 Å². The summed E-state index contributed by atoms with van der Waals surface area (Å²) in [7, 11) is 0. The number of amides is 1. The predicted octanol–water partition coefficient (Wildman–Crippen LogP) is 3.89. The van der Waals surface area contributed by atoms with Gasteiger partial charge in [0, 0.05) is 36.7 Å². The smallest absolute Gasteiger partial charge is 0.407 e. The van der Waals surface area contributed by atoms with Gasteiger partial charge in [-0.1, -0.05) is 116 Å². The largest absolute Gasteiger partial charge is 0.449 e. The molecule has 4 aromatic carbocycles. The molecular weight excluding hydrogens is 744 g/mol. The van der Waals surface area contributed by atoms with Gasteiger partial charge in [-0.3, -0.25) is 0 Å². The first-order valence-corrected chi connectivity index (χ1v) is 20.0. The van der Waals surface area contributed by atoms with Crippen molar-refractivity contribution in [1.29, 1.82) is 0 Å². The van der Waals surface area contributed by atoms with Crippen LogP contribution in [0.3, 0.4) is 0 Å². The van der Waals surface area contributed by atoms with Crippen molar-refractivity contribution >= 4 is 6.09 Å². The van der Waals surface area contributed by atoms with Crippen LogP contribution < -0.4 is 5.32 Å². The van der Waals surface area contributed by atoms with Crippen LogP contribution in [-0.2, 0) is 23.7 Å². The lowest BCUT2D eigenvalue weighted by Crippen LogP contribution is -2.55. The van der Waals surface area contributed by atoms with E-state index in [1.165, 1.54) is 0 Å². The van der Waals surface area contributed by atoms with Crippen molar-refractivity contribution in [2.75, 3.05) is 46.0 Å². The molecule has 2 fully saturated rings. The number of rotatable bonds is 16. The third-order valence-electron chi connectivity index (χ3n) is 11.2. The highest BCUT2D eigenvalue weighted by Crippen LogP contribution is 2.44. The van der Waals surface area contributed by atoms with Crippen molar-refractivity contribution in [1.82, 2.24) is 10.2 Å². The molecule has 1 aliphatic carbocycles. The van der Waals surface area contributed by atoms with Gasteiger partial charge in [0.25, 0.3) is 0 Å². The van der Waals surface area contributed by atoms with Gasteiger partial charge in [0.1, 0.15) is 37.1 Å². The molecule has 0 radical (unpaired) electrons. The van der Waals surface area contributed by atoms with E-state index in [1.807, 2.05) is 96.8 Å². The van der Waals surface area contributed by atoms with Gasteiger partial charge < -0.3 is 59.4 Å². The number of fused-ring (bicyclic) bond motifs is 3. The van der Waals surface area contributed by atoms with Crippen molar-refractivity contribution in [2.24, 2.45) is 5.92 Å². The van der Waals surface area contributed by atoms with E-state index in [0.29, 0.717) is 18.5 Å². The highest BCUT2D eigenvalue weighted by molar-refractivity contribution is 5.79. The van der Waals surface area contributed by atoms with Crippen LogP contribution in [0.2, 0.25) is 0 Å². The second-order valence-corrected chi connectivity index (χ2v) is 15.4. The molecule has 2 unspecified atom stereocenters. The second-order valence-electron chi connectivity index (χ2n) is 15.4. The number of aliphatic hydroxyl groups excluding tert-OH is 5. The molecule has 6 N–H and O–H groups in total. The number of aliphatic hydroxyl groups is 5. The van der Waals surface area contributed by atoms with Crippen molar-refractivity contribution in [3.05, 3.63) is 131 Å². The van der Waals surface area contributed by atoms with Crippen LogP contribution in [0.5, 0.6) is 0 Å². The molecule has 0 bridgehead atoms. The number of ether oxygens (including phenoxy) is 5. The van der Waals surface area contributed by atoms with E-state index in [1.54, 1.807) is 0 Å². The third-order valence-corrected chi connectivity index (χ3v) is 11.2. The topological polar surface area (TPSA) is 180 Å². The molecule has 0 spiro atoms. The molecular formula is C45H54N2O11. The Morgan fingerprint density at radius 3 is 1.78 bits per heavy atom. The van der Waals surface area contributed by atoms with E-state index in [9.17, 15) is 30.3 Å². The Bertz CT molecular complexity index is 1780. The molecule has 1 amide bonds. The predicted molar refractivity (Wildman–Crippen MR) is 213 cm³/mol. The first-order chi connectivity index (χ1) is 28.2. The van der Waals surface area contributed by atoms with Crippen LogP contribution in [0, 0.1) is 5.92 Å². The molecule has 7 rings (SSSR count). The molecule has 13 nitrogen and oxygen atoms in total. The van der Waals surface area contributed by atoms with Crippen LogP contribution >= 0.6 is 0 Å². The molecule has 310 valence electrons. The summed E-state index contributed by atoms with van der Waals surface area (Å²) < 4.78 is 29.2. The number of carbonyl (C=O) groups excluding carboxylic acids is 1. The number of nitrogens with one attached hydrogen (secondary N) is 1. The highest BCUT2D eigenvalue weighted by Gasteiger charge is 2.42. The van der Waals surface area contributed by atoms with Crippen molar-refractivity contribution in [2.45, 2.75) is 74.6 Å². The molecule has 4 aromatic rings. The van der Waals surface area contributed by atoms with E-state index < -0.39 is 67.3 Å². The van der Waals surface area contributed by atoms with Crippen molar-refractivity contribution in [3.8, 4) is 11.1 Å². The van der Waals surface area contributed by atoms with E-state index in [2.05, 4.69) is 29.6 Å². The van der Waals surface area contributed by atoms with Gasteiger partial charge >= 0.3 is 6.09 Å².